The van der Waals surface area contributed by atoms with Crippen molar-refractivity contribution in [3.8, 4) is 0 Å². The van der Waals surface area contributed by atoms with E-state index in [0.717, 1.165) is 37.7 Å². The van der Waals surface area contributed by atoms with Crippen LogP contribution in [0.15, 0.2) is 30.3 Å². The number of anilines is 1. The summed E-state index contributed by atoms with van der Waals surface area (Å²) in [6, 6.07) is 10.2. The number of nitrogens with one attached hydrogen (secondary N) is 1. The third-order valence-corrected chi connectivity index (χ3v) is 8.29. The molecule has 2 amide bonds. The first-order valence-electron chi connectivity index (χ1n) is 10.6. The SMILES string of the molecule is CCC(C)(C)[C@@H]1CCc2c(sc(NC(=O)[C@H]3C[C@@H]3c3ccccc3)c2C(N)=O)C1. The zero-order valence-electron chi connectivity index (χ0n) is 17.5. The maximum absolute atomic E-state index is 12.9. The van der Waals surface area contributed by atoms with Crippen molar-refractivity contribution in [1.29, 1.82) is 0 Å². The van der Waals surface area contributed by atoms with Crippen molar-refractivity contribution in [3.63, 3.8) is 0 Å². The van der Waals surface area contributed by atoms with Crippen molar-refractivity contribution in [3.05, 3.63) is 51.9 Å². The lowest BCUT2D eigenvalue weighted by Crippen LogP contribution is -2.29. The Hall–Kier alpha value is -2.14. The number of primary amides is 1. The van der Waals surface area contributed by atoms with Crippen LogP contribution < -0.4 is 11.1 Å². The molecule has 2 aromatic rings. The topological polar surface area (TPSA) is 72.2 Å². The van der Waals surface area contributed by atoms with Gasteiger partial charge >= 0.3 is 0 Å². The first-order valence-corrected chi connectivity index (χ1v) is 11.4. The molecule has 0 aliphatic heterocycles. The van der Waals surface area contributed by atoms with Crippen molar-refractivity contribution in [2.75, 3.05) is 5.32 Å². The molecule has 3 N–H and O–H groups in total. The highest BCUT2D eigenvalue weighted by Crippen LogP contribution is 2.49. The fraction of sp³-hybridized carbons (Fsp3) is 0.500. The minimum Gasteiger partial charge on any atom is -0.365 e. The minimum absolute atomic E-state index is 0.00499. The van der Waals surface area contributed by atoms with Crippen LogP contribution in [-0.2, 0) is 17.6 Å². The van der Waals surface area contributed by atoms with Gasteiger partial charge in [-0.15, -0.1) is 11.3 Å². The second-order valence-corrected chi connectivity index (χ2v) is 10.3. The number of rotatable bonds is 6. The molecular weight excluding hydrogens is 380 g/mol. The minimum atomic E-state index is -0.429. The van der Waals surface area contributed by atoms with Crippen LogP contribution in [0.5, 0.6) is 0 Å². The number of amides is 2. The number of thiophene rings is 1. The van der Waals surface area contributed by atoms with Crippen LogP contribution in [0, 0.1) is 17.3 Å². The average molecular weight is 411 g/mol. The quantitative estimate of drug-likeness (QED) is 0.693. The molecule has 1 aromatic heterocycles. The van der Waals surface area contributed by atoms with Crippen LogP contribution in [0.2, 0.25) is 0 Å². The summed E-state index contributed by atoms with van der Waals surface area (Å²) >= 11 is 1.56. The predicted molar refractivity (Wildman–Crippen MR) is 118 cm³/mol. The Bertz CT molecular complexity index is 932. The summed E-state index contributed by atoms with van der Waals surface area (Å²) in [5.41, 5.74) is 8.82. The van der Waals surface area contributed by atoms with E-state index >= 15 is 0 Å². The maximum Gasteiger partial charge on any atom is 0.251 e. The molecule has 5 heteroatoms. The number of nitrogens with two attached hydrogens (primary N) is 1. The molecule has 2 aliphatic carbocycles. The van der Waals surface area contributed by atoms with Gasteiger partial charge in [0.25, 0.3) is 5.91 Å². The smallest absolute Gasteiger partial charge is 0.251 e. The second kappa shape index (κ2) is 7.60. The summed E-state index contributed by atoms with van der Waals surface area (Å²) in [4.78, 5) is 26.3. The molecular formula is C24H30N2O2S. The normalized spacial score (nSPS) is 23.3. The predicted octanol–water partition coefficient (Wildman–Crippen LogP) is 5.13. The summed E-state index contributed by atoms with van der Waals surface area (Å²) in [5.74, 6) is 0.419. The van der Waals surface area contributed by atoms with Crippen molar-refractivity contribution in [1.82, 2.24) is 0 Å². The molecule has 0 saturated heterocycles. The summed E-state index contributed by atoms with van der Waals surface area (Å²) in [7, 11) is 0. The van der Waals surface area contributed by atoms with Crippen LogP contribution in [-0.4, -0.2) is 11.8 Å². The molecule has 2 aliphatic rings. The Morgan fingerprint density at radius 2 is 1.97 bits per heavy atom. The van der Waals surface area contributed by atoms with Gasteiger partial charge in [-0.1, -0.05) is 57.5 Å². The van der Waals surface area contributed by atoms with E-state index in [-0.39, 0.29) is 23.2 Å². The Kier molecular flexibility index (Phi) is 5.28. The summed E-state index contributed by atoms with van der Waals surface area (Å²) in [6.45, 7) is 6.89. The van der Waals surface area contributed by atoms with E-state index in [1.165, 1.54) is 10.4 Å². The number of carbonyl (C=O) groups is 2. The van der Waals surface area contributed by atoms with E-state index in [0.29, 0.717) is 16.5 Å². The molecule has 1 fully saturated rings. The van der Waals surface area contributed by atoms with E-state index in [4.69, 9.17) is 5.73 Å². The number of hydrogen-bond donors (Lipinski definition) is 2. The molecule has 0 spiro atoms. The van der Waals surface area contributed by atoms with Gasteiger partial charge in [0.05, 0.1) is 5.56 Å². The Morgan fingerprint density at radius 1 is 1.24 bits per heavy atom. The van der Waals surface area contributed by atoms with E-state index in [1.807, 2.05) is 18.2 Å². The molecule has 154 valence electrons. The van der Waals surface area contributed by atoms with Crippen LogP contribution in [0.1, 0.15) is 72.3 Å². The number of carbonyl (C=O) groups excluding carboxylic acids is 2. The molecule has 3 atom stereocenters. The first kappa shape index (κ1) is 20.1. The molecule has 1 saturated carbocycles. The number of benzene rings is 1. The Morgan fingerprint density at radius 3 is 2.62 bits per heavy atom. The van der Waals surface area contributed by atoms with Crippen LogP contribution >= 0.6 is 11.3 Å². The maximum atomic E-state index is 12.9. The van der Waals surface area contributed by atoms with Gasteiger partial charge in [-0.3, -0.25) is 9.59 Å². The van der Waals surface area contributed by atoms with Crippen molar-refractivity contribution < 1.29 is 9.59 Å². The van der Waals surface area contributed by atoms with E-state index < -0.39 is 5.91 Å². The molecule has 0 unspecified atom stereocenters. The molecule has 1 heterocycles. The van der Waals surface area contributed by atoms with E-state index in [9.17, 15) is 9.59 Å². The monoisotopic (exact) mass is 410 g/mol. The van der Waals surface area contributed by atoms with Crippen LogP contribution in [0.3, 0.4) is 0 Å². The van der Waals surface area contributed by atoms with Crippen LogP contribution in [0.4, 0.5) is 5.00 Å². The lowest BCUT2D eigenvalue weighted by Gasteiger charge is -2.36. The second-order valence-electron chi connectivity index (χ2n) is 9.20. The molecule has 4 nitrogen and oxygen atoms in total. The standard InChI is InChI=1S/C24H30N2O2S/c1-4-24(2,3)15-10-11-16-19(12-15)29-23(20(16)21(25)27)26-22(28)18-13-17(18)14-8-6-5-7-9-14/h5-9,15,17-18H,4,10-13H2,1-3H3,(H2,25,27)(H,26,28)/t15-,17-,18+/m1/s1. The molecule has 1 aromatic carbocycles. The van der Waals surface area contributed by atoms with Gasteiger partial charge in [-0.25, -0.2) is 0 Å². The van der Waals surface area contributed by atoms with Gasteiger partial charge in [0, 0.05) is 10.8 Å². The van der Waals surface area contributed by atoms with Gasteiger partial charge in [0.1, 0.15) is 5.00 Å². The Labute approximate surface area is 176 Å². The van der Waals surface area contributed by atoms with Gasteiger partial charge in [0.15, 0.2) is 0 Å². The first-order chi connectivity index (χ1) is 13.8. The van der Waals surface area contributed by atoms with Gasteiger partial charge in [-0.05, 0) is 54.1 Å². The summed E-state index contributed by atoms with van der Waals surface area (Å²) < 4.78 is 0. The lowest BCUT2D eigenvalue weighted by atomic mass is 9.69. The molecule has 0 bridgehead atoms. The highest BCUT2D eigenvalue weighted by atomic mass is 32.1. The third-order valence-electron chi connectivity index (χ3n) is 7.12. The van der Waals surface area contributed by atoms with Gasteiger partial charge in [0.2, 0.25) is 5.91 Å². The zero-order valence-corrected chi connectivity index (χ0v) is 18.3. The van der Waals surface area contributed by atoms with Crippen LogP contribution in [0.25, 0.3) is 0 Å². The molecule has 29 heavy (non-hydrogen) atoms. The summed E-state index contributed by atoms with van der Waals surface area (Å²) in [5, 5.41) is 3.71. The zero-order chi connectivity index (χ0) is 20.8. The van der Waals surface area contributed by atoms with Crippen molar-refractivity contribution >= 4 is 28.2 Å². The summed E-state index contributed by atoms with van der Waals surface area (Å²) in [6.07, 6.45) is 4.89. The third kappa shape index (κ3) is 3.85. The lowest BCUT2D eigenvalue weighted by molar-refractivity contribution is -0.117. The fourth-order valence-electron chi connectivity index (χ4n) is 4.65. The van der Waals surface area contributed by atoms with Gasteiger partial charge < -0.3 is 11.1 Å². The van der Waals surface area contributed by atoms with Crippen molar-refractivity contribution in [2.24, 2.45) is 23.0 Å². The highest BCUT2D eigenvalue weighted by Gasteiger charge is 2.44. The van der Waals surface area contributed by atoms with E-state index in [1.54, 1.807) is 11.3 Å². The molecule has 4 rings (SSSR count). The largest absolute Gasteiger partial charge is 0.365 e. The number of fused-ring (bicyclic) bond motifs is 1. The Balaban J connectivity index is 1.53. The highest BCUT2D eigenvalue weighted by molar-refractivity contribution is 7.17. The average Bonchev–Trinajstić information content (AvgIpc) is 3.43. The molecule has 0 radical (unpaired) electrons. The van der Waals surface area contributed by atoms with Crippen molar-refractivity contribution in [2.45, 2.75) is 58.8 Å². The van der Waals surface area contributed by atoms with E-state index in [2.05, 4.69) is 38.2 Å². The van der Waals surface area contributed by atoms with Gasteiger partial charge in [-0.2, -0.15) is 0 Å². The number of hydrogen-bond acceptors (Lipinski definition) is 3. The fourth-order valence-corrected chi connectivity index (χ4v) is 5.98.